The SMILES string of the molecule is CCSc1nc(Cl)cs1. The summed E-state index contributed by atoms with van der Waals surface area (Å²) in [5, 5.41) is 2.45. The van der Waals surface area contributed by atoms with Crippen LogP contribution in [0.1, 0.15) is 6.92 Å². The van der Waals surface area contributed by atoms with Gasteiger partial charge in [0, 0.05) is 5.38 Å². The van der Waals surface area contributed by atoms with Crippen LogP contribution in [0.5, 0.6) is 0 Å². The van der Waals surface area contributed by atoms with E-state index in [-0.39, 0.29) is 0 Å². The summed E-state index contributed by atoms with van der Waals surface area (Å²) < 4.78 is 1.06. The van der Waals surface area contributed by atoms with Gasteiger partial charge in [0.15, 0.2) is 4.34 Å². The molecule has 0 spiro atoms. The molecule has 0 aliphatic carbocycles. The van der Waals surface area contributed by atoms with Gasteiger partial charge in [0.25, 0.3) is 0 Å². The molecular formula is C5H6ClNS2. The van der Waals surface area contributed by atoms with Crippen molar-refractivity contribution in [2.45, 2.75) is 11.3 Å². The van der Waals surface area contributed by atoms with Gasteiger partial charge in [-0.05, 0) is 5.75 Å². The zero-order valence-corrected chi connectivity index (χ0v) is 7.32. The van der Waals surface area contributed by atoms with Gasteiger partial charge in [-0.25, -0.2) is 4.98 Å². The number of aromatic nitrogens is 1. The summed E-state index contributed by atoms with van der Waals surface area (Å²) in [5.74, 6) is 1.06. The summed E-state index contributed by atoms with van der Waals surface area (Å²) in [6.07, 6.45) is 0. The Morgan fingerprint density at radius 2 is 2.67 bits per heavy atom. The van der Waals surface area contributed by atoms with Gasteiger partial charge in [0.2, 0.25) is 0 Å². The van der Waals surface area contributed by atoms with E-state index in [1.807, 2.05) is 5.38 Å². The highest BCUT2D eigenvalue weighted by Crippen LogP contribution is 2.23. The van der Waals surface area contributed by atoms with Gasteiger partial charge in [-0.3, -0.25) is 0 Å². The minimum Gasteiger partial charge on any atom is -0.218 e. The fourth-order valence-corrected chi connectivity index (χ4v) is 2.33. The lowest BCUT2D eigenvalue weighted by Gasteiger charge is -1.84. The number of hydrogen-bond acceptors (Lipinski definition) is 3. The third kappa shape index (κ3) is 2.16. The second kappa shape index (κ2) is 3.44. The number of rotatable bonds is 2. The zero-order chi connectivity index (χ0) is 6.69. The minimum atomic E-state index is 0.607. The Kier molecular flexibility index (Phi) is 2.82. The first kappa shape index (κ1) is 7.38. The van der Waals surface area contributed by atoms with Crippen LogP contribution in [0.4, 0.5) is 0 Å². The van der Waals surface area contributed by atoms with Crippen LogP contribution in [-0.2, 0) is 0 Å². The van der Waals surface area contributed by atoms with E-state index in [9.17, 15) is 0 Å². The molecule has 0 aromatic carbocycles. The average Bonchev–Trinajstić information content (AvgIpc) is 2.17. The Balaban J connectivity index is 2.61. The molecule has 0 saturated carbocycles. The average molecular weight is 180 g/mol. The third-order valence-electron chi connectivity index (χ3n) is 0.723. The normalized spacial score (nSPS) is 10.0. The molecule has 1 rings (SSSR count). The smallest absolute Gasteiger partial charge is 0.151 e. The highest BCUT2D eigenvalue weighted by Gasteiger charge is 1.96. The van der Waals surface area contributed by atoms with Gasteiger partial charge in [-0.1, -0.05) is 30.3 Å². The first-order valence-corrected chi connectivity index (χ1v) is 4.81. The van der Waals surface area contributed by atoms with Crippen LogP contribution < -0.4 is 0 Å². The second-order valence-electron chi connectivity index (χ2n) is 1.37. The van der Waals surface area contributed by atoms with E-state index in [1.165, 1.54) is 0 Å². The molecule has 1 aromatic rings. The molecule has 0 N–H and O–H groups in total. The van der Waals surface area contributed by atoms with Crippen molar-refractivity contribution in [3.63, 3.8) is 0 Å². The first-order chi connectivity index (χ1) is 4.33. The molecule has 1 heterocycles. The van der Waals surface area contributed by atoms with Crippen LogP contribution in [-0.4, -0.2) is 10.7 Å². The van der Waals surface area contributed by atoms with Crippen molar-refractivity contribution in [3.05, 3.63) is 10.5 Å². The van der Waals surface area contributed by atoms with Crippen molar-refractivity contribution in [1.82, 2.24) is 4.98 Å². The molecule has 0 unspecified atom stereocenters. The largest absolute Gasteiger partial charge is 0.218 e. The number of hydrogen-bond donors (Lipinski definition) is 0. The van der Waals surface area contributed by atoms with Crippen LogP contribution in [0.3, 0.4) is 0 Å². The summed E-state index contributed by atoms with van der Waals surface area (Å²) in [5.41, 5.74) is 0. The maximum Gasteiger partial charge on any atom is 0.151 e. The maximum atomic E-state index is 5.58. The van der Waals surface area contributed by atoms with Crippen molar-refractivity contribution in [1.29, 1.82) is 0 Å². The van der Waals surface area contributed by atoms with Crippen molar-refractivity contribution >= 4 is 34.7 Å². The Morgan fingerprint density at radius 3 is 3.11 bits per heavy atom. The van der Waals surface area contributed by atoms with Crippen molar-refractivity contribution in [3.8, 4) is 0 Å². The van der Waals surface area contributed by atoms with E-state index in [0.29, 0.717) is 5.15 Å². The molecule has 0 atom stereocenters. The highest BCUT2D eigenvalue weighted by molar-refractivity contribution is 8.00. The molecule has 0 saturated heterocycles. The third-order valence-corrected chi connectivity index (χ3v) is 2.95. The van der Waals surface area contributed by atoms with E-state index in [0.717, 1.165) is 10.1 Å². The summed E-state index contributed by atoms with van der Waals surface area (Å²) >= 11 is 8.90. The van der Waals surface area contributed by atoms with Crippen LogP contribution in [0.25, 0.3) is 0 Å². The van der Waals surface area contributed by atoms with Gasteiger partial charge in [-0.2, -0.15) is 0 Å². The molecule has 0 aliphatic rings. The van der Waals surface area contributed by atoms with E-state index in [4.69, 9.17) is 11.6 Å². The van der Waals surface area contributed by atoms with Crippen molar-refractivity contribution in [2.24, 2.45) is 0 Å². The molecule has 0 amide bonds. The molecular weight excluding hydrogens is 174 g/mol. The lowest BCUT2D eigenvalue weighted by atomic mass is 11.0. The first-order valence-electron chi connectivity index (χ1n) is 2.56. The molecule has 0 bridgehead atoms. The Hall–Kier alpha value is 0.270. The molecule has 1 aromatic heterocycles. The zero-order valence-electron chi connectivity index (χ0n) is 4.93. The number of nitrogens with zero attached hydrogens (tertiary/aromatic N) is 1. The van der Waals surface area contributed by atoms with Crippen LogP contribution in [0.15, 0.2) is 9.72 Å². The van der Waals surface area contributed by atoms with E-state index < -0.39 is 0 Å². The van der Waals surface area contributed by atoms with E-state index in [2.05, 4.69) is 11.9 Å². The van der Waals surface area contributed by atoms with Gasteiger partial charge in [0.05, 0.1) is 0 Å². The second-order valence-corrected chi connectivity index (χ2v) is 4.13. The maximum absolute atomic E-state index is 5.58. The summed E-state index contributed by atoms with van der Waals surface area (Å²) in [7, 11) is 0. The molecule has 50 valence electrons. The quantitative estimate of drug-likeness (QED) is 0.648. The minimum absolute atomic E-state index is 0.607. The Bertz CT molecular complexity index is 187. The van der Waals surface area contributed by atoms with Gasteiger partial charge in [0.1, 0.15) is 5.15 Å². The fourth-order valence-electron chi connectivity index (χ4n) is 0.429. The monoisotopic (exact) mass is 179 g/mol. The lowest BCUT2D eigenvalue weighted by Crippen LogP contribution is -1.67. The molecule has 9 heavy (non-hydrogen) atoms. The van der Waals surface area contributed by atoms with Gasteiger partial charge < -0.3 is 0 Å². The lowest BCUT2D eigenvalue weighted by molar-refractivity contribution is 1.25. The molecule has 0 radical (unpaired) electrons. The summed E-state index contributed by atoms with van der Waals surface area (Å²) in [6, 6.07) is 0. The van der Waals surface area contributed by atoms with Crippen LogP contribution in [0, 0.1) is 0 Å². The summed E-state index contributed by atoms with van der Waals surface area (Å²) in [4.78, 5) is 4.05. The highest BCUT2D eigenvalue weighted by atomic mass is 35.5. The fraction of sp³-hybridized carbons (Fsp3) is 0.400. The number of thioether (sulfide) groups is 1. The van der Waals surface area contributed by atoms with E-state index >= 15 is 0 Å². The van der Waals surface area contributed by atoms with Gasteiger partial charge >= 0.3 is 0 Å². The number of halogens is 1. The predicted octanol–water partition coefficient (Wildman–Crippen LogP) is 2.91. The Labute approximate surface area is 67.4 Å². The molecule has 0 fully saturated rings. The topological polar surface area (TPSA) is 12.9 Å². The predicted molar refractivity (Wildman–Crippen MR) is 43.5 cm³/mol. The van der Waals surface area contributed by atoms with Gasteiger partial charge in [-0.15, -0.1) is 11.3 Å². The van der Waals surface area contributed by atoms with Crippen LogP contribution in [0.2, 0.25) is 5.15 Å². The summed E-state index contributed by atoms with van der Waals surface area (Å²) in [6.45, 7) is 2.10. The van der Waals surface area contributed by atoms with Crippen molar-refractivity contribution < 1.29 is 0 Å². The molecule has 0 aliphatic heterocycles. The molecule has 1 nitrogen and oxygen atoms in total. The van der Waals surface area contributed by atoms with Crippen LogP contribution >= 0.6 is 34.7 Å². The van der Waals surface area contributed by atoms with E-state index in [1.54, 1.807) is 23.1 Å². The standard InChI is InChI=1S/C5H6ClNS2/c1-2-8-5-7-4(6)3-9-5/h3H,2H2,1H3. The number of thiazole rings is 1. The van der Waals surface area contributed by atoms with Crippen molar-refractivity contribution in [2.75, 3.05) is 5.75 Å². The Morgan fingerprint density at radius 1 is 1.89 bits per heavy atom. The molecule has 4 heteroatoms.